The minimum Gasteiger partial charge on any atom is -0.326 e. The summed E-state index contributed by atoms with van der Waals surface area (Å²) in [4.78, 5) is 25.8. The van der Waals surface area contributed by atoms with Crippen LogP contribution in [0.4, 0.5) is 5.69 Å². The van der Waals surface area contributed by atoms with Crippen LogP contribution >= 0.6 is 0 Å². The summed E-state index contributed by atoms with van der Waals surface area (Å²) in [5.41, 5.74) is 1.75. The number of hydrogen-bond acceptors (Lipinski definition) is 2. The van der Waals surface area contributed by atoms with Crippen LogP contribution in [0.25, 0.3) is 0 Å². The zero-order valence-electron chi connectivity index (χ0n) is 7.57. The van der Waals surface area contributed by atoms with E-state index in [1.54, 1.807) is 18.2 Å². The van der Waals surface area contributed by atoms with Crippen molar-refractivity contribution in [2.24, 2.45) is 4.99 Å². The summed E-state index contributed by atoms with van der Waals surface area (Å²) >= 11 is 0. The molecule has 1 aromatic rings. The molecule has 0 bridgehead atoms. The third kappa shape index (κ3) is 1.31. The Morgan fingerprint density at radius 2 is 2.21 bits per heavy atom. The number of aliphatic imine (C=N–C) groups is 1. The second kappa shape index (κ2) is 3.06. The van der Waals surface area contributed by atoms with Crippen LogP contribution in [0.2, 0.25) is 0 Å². The van der Waals surface area contributed by atoms with Gasteiger partial charge in [-0.25, -0.2) is 4.99 Å². The number of anilines is 1. The van der Waals surface area contributed by atoms with Crippen LogP contribution in [-0.2, 0) is 4.79 Å². The average Bonchev–Trinajstić information content (AvgIpc) is 2.48. The summed E-state index contributed by atoms with van der Waals surface area (Å²) in [6, 6.07) is 5.25. The van der Waals surface area contributed by atoms with Crippen molar-refractivity contribution in [3.63, 3.8) is 0 Å². The summed E-state index contributed by atoms with van der Waals surface area (Å²) in [6.07, 6.45) is 1.50. The second-order valence-corrected chi connectivity index (χ2v) is 3.01. The van der Waals surface area contributed by atoms with Crippen molar-refractivity contribution < 1.29 is 9.59 Å². The fourth-order valence-electron chi connectivity index (χ4n) is 1.40. The lowest BCUT2D eigenvalue weighted by Crippen LogP contribution is -2.09. The maximum absolute atomic E-state index is 11.3. The molecule has 14 heavy (non-hydrogen) atoms. The van der Waals surface area contributed by atoms with Crippen molar-refractivity contribution >= 4 is 23.7 Å². The van der Waals surface area contributed by atoms with E-state index in [4.69, 9.17) is 0 Å². The molecule has 0 aromatic heterocycles. The molecule has 4 nitrogen and oxygen atoms in total. The first kappa shape index (κ1) is 8.62. The molecular formula is C10H8N2O2. The number of hydrogen-bond donors (Lipinski definition) is 1. The van der Waals surface area contributed by atoms with Gasteiger partial charge < -0.3 is 5.32 Å². The number of rotatable bonds is 1. The Balaban J connectivity index is 2.49. The van der Waals surface area contributed by atoms with Gasteiger partial charge in [0.05, 0.1) is 11.3 Å². The van der Waals surface area contributed by atoms with Crippen molar-refractivity contribution in [3.8, 4) is 0 Å². The Hall–Kier alpha value is -1.97. The fraction of sp³-hybridized carbons (Fsp3) is 0.100. The standard InChI is InChI=1S/C10H8N2O2/c1-6(13)12-8-4-2-3-7-5-11-10(14)9(7)8/h2-5H,1H3,(H,12,13). The van der Waals surface area contributed by atoms with E-state index in [1.807, 2.05) is 0 Å². The van der Waals surface area contributed by atoms with Gasteiger partial charge in [-0.3, -0.25) is 9.59 Å². The highest BCUT2D eigenvalue weighted by atomic mass is 16.2. The van der Waals surface area contributed by atoms with Crippen LogP contribution < -0.4 is 5.32 Å². The SMILES string of the molecule is CC(=O)Nc1cccc2c1C(=O)N=C2. The van der Waals surface area contributed by atoms with Gasteiger partial charge in [-0.15, -0.1) is 0 Å². The van der Waals surface area contributed by atoms with Crippen LogP contribution in [-0.4, -0.2) is 18.0 Å². The van der Waals surface area contributed by atoms with Crippen LogP contribution in [0.5, 0.6) is 0 Å². The highest BCUT2D eigenvalue weighted by Crippen LogP contribution is 2.23. The minimum atomic E-state index is -0.302. The monoisotopic (exact) mass is 188 g/mol. The average molecular weight is 188 g/mol. The number of nitrogens with one attached hydrogen (secondary N) is 1. The van der Waals surface area contributed by atoms with Gasteiger partial charge in [-0.1, -0.05) is 12.1 Å². The Morgan fingerprint density at radius 3 is 2.93 bits per heavy atom. The largest absolute Gasteiger partial charge is 0.326 e. The van der Waals surface area contributed by atoms with Gasteiger partial charge in [-0.05, 0) is 6.07 Å². The molecule has 70 valence electrons. The van der Waals surface area contributed by atoms with Crippen molar-refractivity contribution in [2.45, 2.75) is 6.92 Å². The number of carbonyl (C=O) groups excluding carboxylic acids is 2. The van der Waals surface area contributed by atoms with Gasteiger partial charge in [0.15, 0.2) is 0 Å². The Bertz CT molecular complexity index is 449. The quantitative estimate of drug-likeness (QED) is 0.720. The third-order valence-corrected chi connectivity index (χ3v) is 1.94. The van der Waals surface area contributed by atoms with Crippen LogP contribution in [0.1, 0.15) is 22.8 Å². The molecule has 0 saturated heterocycles. The third-order valence-electron chi connectivity index (χ3n) is 1.94. The summed E-state index contributed by atoms with van der Waals surface area (Å²) in [7, 11) is 0. The summed E-state index contributed by atoms with van der Waals surface area (Å²) in [5.74, 6) is -0.498. The molecule has 0 aliphatic carbocycles. The molecule has 2 rings (SSSR count). The van der Waals surface area contributed by atoms with Crippen molar-refractivity contribution in [2.75, 3.05) is 5.32 Å². The topological polar surface area (TPSA) is 58.5 Å². The van der Waals surface area contributed by atoms with Gasteiger partial charge in [0, 0.05) is 18.7 Å². The van der Waals surface area contributed by atoms with Gasteiger partial charge in [0.2, 0.25) is 5.91 Å². The molecule has 0 radical (unpaired) electrons. The number of carbonyl (C=O) groups is 2. The molecule has 1 heterocycles. The number of fused-ring (bicyclic) bond motifs is 1. The van der Waals surface area contributed by atoms with Crippen LogP contribution in [0.15, 0.2) is 23.2 Å². The summed E-state index contributed by atoms with van der Waals surface area (Å²) in [5, 5.41) is 2.60. The van der Waals surface area contributed by atoms with E-state index in [9.17, 15) is 9.59 Å². The van der Waals surface area contributed by atoms with Gasteiger partial charge in [0.1, 0.15) is 0 Å². The predicted molar refractivity (Wildman–Crippen MR) is 52.7 cm³/mol. The predicted octanol–water partition coefficient (Wildman–Crippen LogP) is 1.22. The smallest absolute Gasteiger partial charge is 0.279 e. The molecule has 1 aliphatic heterocycles. The highest BCUT2D eigenvalue weighted by molar-refractivity contribution is 6.17. The lowest BCUT2D eigenvalue weighted by Gasteiger charge is -2.05. The van der Waals surface area contributed by atoms with Crippen LogP contribution in [0.3, 0.4) is 0 Å². The minimum absolute atomic E-state index is 0.196. The maximum atomic E-state index is 11.3. The first-order valence-corrected chi connectivity index (χ1v) is 4.17. The molecule has 1 aromatic carbocycles. The highest BCUT2D eigenvalue weighted by Gasteiger charge is 2.19. The van der Waals surface area contributed by atoms with E-state index < -0.39 is 0 Å². The second-order valence-electron chi connectivity index (χ2n) is 3.01. The normalized spacial score (nSPS) is 12.8. The zero-order valence-corrected chi connectivity index (χ0v) is 7.57. The number of amides is 2. The van der Waals surface area contributed by atoms with Crippen molar-refractivity contribution in [1.29, 1.82) is 0 Å². The summed E-state index contributed by atoms with van der Waals surface area (Å²) in [6.45, 7) is 1.40. The molecule has 1 N–H and O–H groups in total. The Kier molecular flexibility index (Phi) is 1.89. The molecule has 0 saturated carbocycles. The van der Waals surface area contributed by atoms with Crippen LogP contribution in [0, 0.1) is 0 Å². The number of nitrogens with zero attached hydrogens (tertiary/aromatic N) is 1. The van der Waals surface area contributed by atoms with Crippen molar-refractivity contribution in [1.82, 2.24) is 0 Å². The Morgan fingerprint density at radius 1 is 1.43 bits per heavy atom. The van der Waals surface area contributed by atoms with Gasteiger partial charge in [0.25, 0.3) is 5.91 Å². The molecule has 4 heteroatoms. The molecule has 0 unspecified atom stereocenters. The maximum Gasteiger partial charge on any atom is 0.279 e. The molecule has 0 atom stereocenters. The molecule has 0 fully saturated rings. The summed E-state index contributed by atoms with van der Waals surface area (Å²) < 4.78 is 0. The van der Waals surface area contributed by atoms with Gasteiger partial charge >= 0.3 is 0 Å². The molecule has 1 aliphatic rings. The molecule has 2 amide bonds. The lowest BCUT2D eigenvalue weighted by atomic mass is 10.1. The van der Waals surface area contributed by atoms with E-state index in [0.717, 1.165) is 5.56 Å². The molecular weight excluding hydrogens is 180 g/mol. The Labute approximate surface area is 80.7 Å². The van der Waals surface area contributed by atoms with E-state index >= 15 is 0 Å². The molecule has 0 spiro atoms. The van der Waals surface area contributed by atoms with E-state index in [1.165, 1.54) is 13.1 Å². The first-order valence-electron chi connectivity index (χ1n) is 4.17. The van der Waals surface area contributed by atoms with E-state index in [0.29, 0.717) is 11.3 Å². The fourth-order valence-corrected chi connectivity index (χ4v) is 1.40. The van der Waals surface area contributed by atoms with E-state index in [2.05, 4.69) is 10.3 Å². The number of benzene rings is 1. The van der Waals surface area contributed by atoms with E-state index in [-0.39, 0.29) is 11.8 Å². The lowest BCUT2D eigenvalue weighted by molar-refractivity contribution is -0.114. The van der Waals surface area contributed by atoms with Gasteiger partial charge in [-0.2, -0.15) is 0 Å². The van der Waals surface area contributed by atoms with Crippen molar-refractivity contribution in [3.05, 3.63) is 29.3 Å². The first-order chi connectivity index (χ1) is 6.68. The zero-order chi connectivity index (χ0) is 10.1.